The van der Waals surface area contributed by atoms with Crippen molar-refractivity contribution in [3.05, 3.63) is 64.6 Å². The number of nitrogens with zero attached hydrogens (tertiary/aromatic N) is 1. The molecule has 2 aromatic rings. The summed E-state index contributed by atoms with van der Waals surface area (Å²) >= 11 is 0. The molecule has 0 aliphatic rings. The van der Waals surface area contributed by atoms with E-state index in [1.54, 1.807) is 12.3 Å². The van der Waals surface area contributed by atoms with Crippen LogP contribution < -0.4 is 5.56 Å². The maximum absolute atomic E-state index is 12.2. The van der Waals surface area contributed by atoms with Gasteiger partial charge in [0.25, 0.3) is 5.56 Å². The van der Waals surface area contributed by atoms with Gasteiger partial charge in [0, 0.05) is 28.9 Å². The predicted molar refractivity (Wildman–Crippen MR) is 75.8 cm³/mol. The largest absolute Gasteiger partial charge is 0.294 e. The lowest BCUT2D eigenvalue weighted by Gasteiger charge is -2.17. The standard InChI is InChI=1S/C16H17NO2/c1-16(2,3)15(19)12-9-10-14(18)17(11-12)13-7-5-4-6-8-13/h4-11H,1-3H3. The van der Waals surface area contributed by atoms with Crippen LogP contribution in [0.25, 0.3) is 5.69 Å². The van der Waals surface area contributed by atoms with Gasteiger partial charge in [-0.25, -0.2) is 0 Å². The van der Waals surface area contributed by atoms with Crippen molar-refractivity contribution in [2.45, 2.75) is 20.8 Å². The van der Waals surface area contributed by atoms with Crippen LogP contribution in [0.15, 0.2) is 53.5 Å². The molecule has 2 rings (SSSR count). The van der Waals surface area contributed by atoms with Gasteiger partial charge in [-0.05, 0) is 18.2 Å². The number of carbonyl (C=O) groups is 1. The Hall–Kier alpha value is -2.16. The Kier molecular flexibility index (Phi) is 3.38. The molecule has 98 valence electrons. The lowest BCUT2D eigenvalue weighted by atomic mass is 9.87. The third kappa shape index (κ3) is 2.81. The van der Waals surface area contributed by atoms with Crippen molar-refractivity contribution in [1.82, 2.24) is 4.57 Å². The molecule has 1 aromatic heterocycles. The molecule has 0 radical (unpaired) electrons. The average Bonchev–Trinajstić information content (AvgIpc) is 2.38. The molecule has 0 N–H and O–H groups in total. The van der Waals surface area contributed by atoms with Gasteiger partial charge in [0.05, 0.1) is 0 Å². The average molecular weight is 255 g/mol. The molecular weight excluding hydrogens is 238 g/mol. The summed E-state index contributed by atoms with van der Waals surface area (Å²) in [6.07, 6.45) is 1.62. The number of carbonyl (C=O) groups excluding carboxylic acids is 1. The second kappa shape index (κ2) is 4.84. The molecule has 0 saturated heterocycles. The molecule has 1 aromatic carbocycles. The number of hydrogen-bond donors (Lipinski definition) is 0. The Morgan fingerprint density at radius 1 is 1.00 bits per heavy atom. The summed E-state index contributed by atoms with van der Waals surface area (Å²) in [5, 5.41) is 0. The number of Topliss-reactive ketones (excluding diaryl/α,β-unsaturated/α-hetero) is 1. The number of pyridine rings is 1. The maximum atomic E-state index is 12.2. The zero-order valence-electron chi connectivity index (χ0n) is 11.4. The van der Waals surface area contributed by atoms with E-state index in [1.165, 1.54) is 10.6 Å². The third-order valence-corrected chi connectivity index (χ3v) is 2.89. The Bertz CT molecular complexity index is 648. The zero-order chi connectivity index (χ0) is 14.0. The molecule has 1 heterocycles. The summed E-state index contributed by atoms with van der Waals surface area (Å²) in [5.74, 6) is 0.0252. The number of rotatable bonds is 2. The molecule has 3 nitrogen and oxygen atoms in total. The fraction of sp³-hybridized carbons (Fsp3) is 0.250. The van der Waals surface area contributed by atoms with E-state index >= 15 is 0 Å². The van der Waals surface area contributed by atoms with Crippen LogP contribution in [0.2, 0.25) is 0 Å². The van der Waals surface area contributed by atoms with Gasteiger partial charge in [0.15, 0.2) is 5.78 Å². The molecule has 0 amide bonds. The van der Waals surface area contributed by atoms with E-state index < -0.39 is 5.41 Å². The van der Waals surface area contributed by atoms with Crippen LogP contribution in [-0.2, 0) is 0 Å². The van der Waals surface area contributed by atoms with Crippen LogP contribution in [0.4, 0.5) is 0 Å². The summed E-state index contributed by atoms with van der Waals surface area (Å²) in [5.41, 5.74) is 0.711. The van der Waals surface area contributed by atoms with E-state index in [4.69, 9.17) is 0 Å². The minimum atomic E-state index is -0.459. The fourth-order valence-corrected chi connectivity index (χ4v) is 1.84. The molecule has 0 spiro atoms. The first-order valence-electron chi connectivity index (χ1n) is 6.22. The van der Waals surface area contributed by atoms with E-state index in [-0.39, 0.29) is 11.3 Å². The van der Waals surface area contributed by atoms with Gasteiger partial charge >= 0.3 is 0 Å². The SMILES string of the molecule is CC(C)(C)C(=O)c1ccc(=O)n(-c2ccccc2)c1. The van der Waals surface area contributed by atoms with Crippen LogP contribution in [0, 0.1) is 5.41 Å². The normalized spacial score (nSPS) is 11.3. The number of benzene rings is 1. The van der Waals surface area contributed by atoms with Crippen molar-refractivity contribution in [2.24, 2.45) is 5.41 Å². The van der Waals surface area contributed by atoms with Crippen molar-refractivity contribution < 1.29 is 4.79 Å². The number of para-hydroxylation sites is 1. The molecule has 3 heteroatoms. The Balaban J connectivity index is 2.53. The van der Waals surface area contributed by atoms with Crippen LogP contribution in [0.3, 0.4) is 0 Å². The molecular formula is C16H17NO2. The molecule has 0 atom stereocenters. The highest BCUT2D eigenvalue weighted by Crippen LogP contribution is 2.20. The van der Waals surface area contributed by atoms with Crippen molar-refractivity contribution in [1.29, 1.82) is 0 Å². The van der Waals surface area contributed by atoms with Gasteiger partial charge in [-0.15, -0.1) is 0 Å². The van der Waals surface area contributed by atoms with Crippen LogP contribution in [-0.4, -0.2) is 10.4 Å². The molecule has 0 fully saturated rings. The van der Waals surface area contributed by atoms with E-state index in [1.807, 2.05) is 51.1 Å². The van der Waals surface area contributed by atoms with Crippen LogP contribution in [0.1, 0.15) is 31.1 Å². The van der Waals surface area contributed by atoms with Gasteiger partial charge in [0.1, 0.15) is 0 Å². The predicted octanol–water partition coefficient (Wildman–Crippen LogP) is 3.07. The molecule has 19 heavy (non-hydrogen) atoms. The fourth-order valence-electron chi connectivity index (χ4n) is 1.84. The smallest absolute Gasteiger partial charge is 0.255 e. The first-order chi connectivity index (χ1) is 8.89. The molecule has 0 saturated carbocycles. The van der Waals surface area contributed by atoms with E-state index in [2.05, 4.69) is 0 Å². The van der Waals surface area contributed by atoms with Crippen molar-refractivity contribution in [3.8, 4) is 5.69 Å². The molecule has 0 bridgehead atoms. The first kappa shape index (κ1) is 13.3. The first-order valence-corrected chi connectivity index (χ1v) is 6.22. The maximum Gasteiger partial charge on any atom is 0.255 e. The van der Waals surface area contributed by atoms with E-state index in [9.17, 15) is 9.59 Å². The van der Waals surface area contributed by atoms with Crippen molar-refractivity contribution in [2.75, 3.05) is 0 Å². The number of hydrogen-bond acceptors (Lipinski definition) is 2. The topological polar surface area (TPSA) is 39.1 Å². The molecule has 0 aliphatic heterocycles. The monoisotopic (exact) mass is 255 g/mol. The highest BCUT2D eigenvalue weighted by atomic mass is 16.1. The van der Waals surface area contributed by atoms with Gasteiger partial charge in [-0.2, -0.15) is 0 Å². The summed E-state index contributed by atoms with van der Waals surface area (Å²) < 4.78 is 1.50. The van der Waals surface area contributed by atoms with Crippen molar-refractivity contribution in [3.63, 3.8) is 0 Å². The second-order valence-electron chi connectivity index (χ2n) is 5.54. The Labute approximate surface area is 112 Å². The van der Waals surface area contributed by atoms with Gasteiger partial charge in [0.2, 0.25) is 0 Å². The molecule has 0 aliphatic carbocycles. The van der Waals surface area contributed by atoms with Crippen molar-refractivity contribution >= 4 is 5.78 Å². The number of ketones is 1. The zero-order valence-corrected chi connectivity index (χ0v) is 11.4. The van der Waals surface area contributed by atoms with Gasteiger partial charge in [-0.3, -0.25) is 14.2 Å². The highest BCUT2D eigenvalue weighted by Gasteiger charge is 2.23. The summed E-state index contributed by atoms with van der Waals surface area (Å²) in [6, 6.07) is 12.3. The third-order valence-electron chi connectivity index (χ3n) is 2.89. The lowest BCUT2D eigenvalue weighted by molar-refractivity contribution is 0.0857. The minimum absolute atomic E-state index is 0.0252. The van der Waals surface area contributed by atoms with Gasteiger partial charge < -0.3 is 0 Å². The lowest BCUT2D eigenvalue weighted by Crippen LogP contribution is -2.24. The second-order valence-corrected chi connectivity index (χ2v) is 5.54. The summed E-state index contributed by atoms with van der Waals surface area (Å²) in [7, 11) is 0. The summed E-state index contributed by atoms with van der Waals surface area (Å²) in [4.78, 5) is 24.1. The highest BCUT2D eigenvalue weighted by molar-refractivity contribution is 5.99. The molecule has 0 unspecified atom stereocenters. The van der Waals surface area contributed by atoms with Gasteiger partial charge in [-0.1, -0.05) is 39.0 Å². The van der Waals surface area contributed by atoms with Crippen LogP contribution >= 0.6 is 0 Å². The number of aromatic nitrogens is 1. The summed E-state index contributed by atoms with van der Waals surface area (Å²) in [6.45, 7) is 5.61. The Morgan fingerprint density at radius 3 is 2.21 bits per heavy atom. The van der Waals surface area contributed by atoms with E-state index in [0.717, 1.165) is 5.69 Å². The minimum Gasteiger partial charge on any atom is -0.294 e. The van der Waals surface area contributed by atoms with E-state index in [0.29, 0.717) is 5.56 Å². The Morgan fingerprint density at radius 2 is 1.63 bits per heavy atom. The van der Waals surface area contributed by atoms with Crippen LogP contribution in [0.5, 0.6) is 0 Å². The quantitative estimate of drug-likeness (QED) is 0.774.